The second-order valence-corrected chi connectivity index (χ2v) is 10.5. The average Bonchev–Trinajstić information content (AvgIpc) is 3.63. The van der Waals surface area contributed by atoms with E-state index in [1.807, 2.05) is 85.1 Å². The second kappa shape index (κ2) is 12.3. The van der Waals surface area contributed by atoms with Gasteiger partial charge in [0.2, 0.25) is 0 Å². The van der Waals surface area contributed by atoms with Crippen molar-refractivity contribution in [2.45, 2.75) is 0 Å². The van der Waals surface area contributed by atoms with E-state index in [0.29, 0.717) is 0 Å². The number of benzene rings is 5. The van der Waals surface area contributed by atoms with E-state index >= 15 is 0 Å². The van der Waals surface area contributed by atoms with Crippen LogP contribution < -0.4 is 0 Å². The molecule has 0 spiro atoms. The minimum atomic E-state index is 0. The molecule has 9 aromatic rings. The van der Waals surface area contributed by atoms with Crippen molar-refractivity contribution >= 4 is 43.7 Å². The summed E-state index contributed by atoms with van der Waals surface area (Å²) in [6, 6.07) is 53.6. The molecule has 4 nitrogen and oxygen atoms in total. The van der Waals surface area contributed by atoms with Crippen LogP contribution in [0.15, 0.2) is 156 Å². The zero-order valence-electron chi connectivity index (χ0n) is 24.0. The van der Waals surface area contributed by atoms with Crippen LogP contribution in [0.3, 0.4) is 0 Å². The van der Waals surface area contributed by atoms with E-state index in [1.165, 1.54) is 10.8 Å². The molecule has 217 valence electrons. The van der Waals surface area contributed by atoms with Crippen molar-refractivity contribution in [3.63, 3.8) is 0 Å². The molecule has 0 aliphatic rings. The maximum atomic E-state index is 6.21. The molecule has 0 saturated heterocycles. The summed E-state index contributed by atoms with van der Waals surface area (Å²) in [4.78, 5) is 8.75. The van der Waals surface area contributed by atoms with Crippen molar-refractivity contribution in [3.8, 4) is 28.2 Å². The molecule has 0 N–H and O–H groups in total. The first kappa shape index (κ1) is 28.4. The molecule has 0 amide bonds. The van der Waals surface area contributed by atoms with Crippen LogP contribution >= 0.6 is 0 Å². The van der Waals surface area contributed by atoms with Gasteiger partial charge in [-0.05, 0) is 58.7 Å². The zero-order chi connectivity index (χ0) is 29.3. The molecule has 0 aliphatic carbocycles. The minimum absolute atomic E-state index is 0. The third-order valence-electron chi connectivity index (χ3n) is 7.80. The SMILES string of the molecule is [Ir].[c-]1cc2c(cc1-c1ccccn1)c1cc3c(cc1n2-c1ccccc1)oc1ccccc13.[c-]1ccccc1-c1ccccn1. The monoisotopic (exact) mass is 756 g/mol. The largest absolute Gasteiger partial charge is 0.456 e. The molecule has 5 heteroatoms. The quantitative estimate of drug-likeness (QED) is 0.169. The number of hydrogen-bond donors (Lipinski definition) is 0. The zero-order valence-corrected chi connectivity index (χ0v) is 26.4. The molecular weight excluding hydrogens is 731 g/mol. The molecule has 5 aromatic carbocycles. The first-order chi connectivity index (χ1) is 21.8. The molecule has 9 rings (SSSR count). The van der Waals surface area contributed by atoms with Crippen LogP contribution in [0.1, 0.15) is 0 Å². The van der Waals surface area contributed by atoms with Crippen LogP contribution in [0.25, 0.3) is 71.9 Å². The van der Waals surface area contributed by atoms with E-state index in [2.05, 4.69) is 87.3 Å². The third-order valence-corrected chi connectivity index (χ3v) is 7.80. The van der Waals surface area contributed by atoms with Gasteiger partial charge in [0.1, 0.15) is 11.2 Å². The van der Waals surface area contributed by atoms with Gasteiger partial charge in [-0.15, -0.1) is 59.7 Å². The molecule has 1 radical (unpaired) electrons. The number of pyridine rings is 2. The Balaban J connectivity index is 0.000000211. The fourth-order valence-corrected chi connectivity index (χ4v) is 5.78. The van der Waals surface area contributed by atoms with Crippen LogP contribution in [0.2, 0.25) is 0 Å². The summed E-state index contributed by atoms with van der Waals surface area (Å²) in [5.74, 6) is 0. The second-order valence-electron chi connectivity index (χ2n) is 10.5. The Morgan fingerprint density at radius 1 is 0.511 bits per heavy atom. The number of rotatable bonds is 3. The predicted molar refractivity (Wildman–Crippen MR) is 179 cm³/mol. The Bertz CT molecular complexity index is 2330. The van der Waals surface area contributed by atoms with Crippen molar-refractivity contribution in [1.82, 2.24) is 14.5 Å². The molecule has 0 unspecified atom stereocenters. The molecule has 0 fully saturated rings. The van der Waals surface area contributed by atoms with Gasteiger partial charge >= 0.3 is 0 Å². The molecule has 4 heterocycles. The summed E-state index contributed by atoms with van der Waals surface area (Å²) in [5, 5.41) is 4.63. The van der Waals surface area contributed by atoms with E-state index in [-0.39, 0.29) is 20.1 Å². The maximum Gasteiger partial charge on any atom is 0.137 e. The first-order valence-corrected chi connectivity index (χ1v) is 14.5. The molecular formula is C40H25IrN3O-2. The van der Waals surface area contributed by atoms with Gasteiger partial charge in [0.25, 0.3) is 0 Å². The van der Waals surface area contributed by atoms with E-state index in [4.69, 9.17) is 4.42 Å². The maximum absolute atomic E-state index is 6.21. The molecule has 0 atom stereocenters. The number of nitrogens with zero attached hydrogens (tertiary/aromatic N) is 3. The Morgan fingerprint density at radius 2 is 1.20 bits per heavy atom. The van der Waals surface area contributed by atoms with Gasteiger partial charge in [0.15, 0.2) is 0 Å². The molecule has 0 saturated carbocycles. The number of aromatic nitrogens is 3. The Labute approximate surface area is 274 Å². The number of para-hydroxylation sites is 2. The van der Waals surface area contributed by atoms with Crippen molar-refractivity contribution in [2.24, 2.45) is 0 Å². The van der Waals surface area contributed by atoms with E-state index in [1.54, 1.807) is 6.20 Å². The number of furan rings is 1. The van der Waals surface area contributed by atoms with E-state index in [9.17, 15) is 0 Å². The van der Waals surface area contributed by atoms with Crippen LogP contribution in [-0.2, 0) is 20.1 Å². The van der Waals surface area contributed by atoms with Crippen LogP contribution in [0.4, 0.5) is 0 Å². The Hall–Kier alpha value is -5.35. The average molecular weight is 756 g/mol. The van der Waals surface area contributed by atoms with Gasteiger partial charge in [-0.25, -0.2) is 0 Å². The number of fused-ring (bicyclic) bond motifs is 6. The van der Waals surface area contributed by atoms with Crippen LogP contribution in [0.5, 0.6) is 0 Å². The first-order valence-electron chi connectivity index (χ1n) is 14.5. The van der Waals surface area contributed by atoms with Gasteiger partial charge in [0, 0.05) is 60.5 Å². The smallest absolute Gasteiger partial charge is 0.137 e. The molecule has 45 heavy (non-hydrogen) atoms. The van der Waals surface area contributed by atoms with E-state index < -0.39 is 0 Å². The fourth-order valence-electron chi connectivity index (χ4n) is 5.78. The Kier molecular flexibility index (Phi) is 7.79. The normalized spacial score (nSPS) is 10.9. The topological polar surface area (TPSA) is 43.9 Å². The van der Waals surface area contributed by atoms with E-state index in [0.717, 1.165) is 61.2 Å². The summed E-state index contributed by atoms with van der Waals surface area (Å²) in [6.45, 7) is 0. The van der Waals surface area contributed by atoms with Crippen molar-refractivity contribution in [3.05, 3.63) is 164 Å². The molecule has 4 aromatic heterocycles. The van der Waals surface area contributed by atoms with Crippen molar-refractivity contribution < 1.29 is 24.5 Å². The summed E-state index contributed by atoms with van der Waals surface area (Å²) >= 11 is 0. The van der Waals surface area contributed by atoms with Crippen LogP contribution in [0, 0.1) is 12.1 Å². The van der Waals surface area contributed by atoms with Gasteiger partial charge in [-0.3, -0.25) is 0 Å². The fraction of sp³-hybridized carbons (Fsp3) is 0. The van der Waals surface area contributed by atoms with Gasteiger partial charge in [-0.2, -0.15) is 0 Å². The minimum Gasteiger partial charge on any atom is -0.456 e. The standard InChI is InChI=1S/C29H17N2O.C11H8N.Ir/c1-2-8-20(9-3-1)31-26-14-13-19(25-11-6-7-15-30-25)16-22(26)23-17-24-21-10-4-5-12-28(21)32-29(24)18-27(23)31;1-2-6-10(7-3-1)11-8-4-5-9-12-11;/h1-12,14-18H;1-6,8-9H;/q2*-1;. The molecule has 0 bridgehead atoms. The van der Waals surface area contributed by atoms with Crippen LogP contribution in [-0.4, -0.2) is 14.5 Å². The van der Waals surface area contributed by atoms with Crippen molar-refractivity contribution in [2.75, 3.05) is 0 Å². The van der Waals surface area contributed by atoms with Gasteiger partial charge in [0.05, 0.1) is 0 Å². The number of hydrogen-bond acceptors (Lipinski definition) is 3. The summed E-state index contributed by atoms with van der Waals surface area (Å²) in [5.41, 5.74) is 9.07. The van der Waals surface area contributed by atoms with Gasteiger partial charge in [-0.1, -0.05) is 66.0 Å². The third kappa shape index (κ3) is 5.33. The Morgan fingerprint density at radius 3 is 1.93 bits per heavy atom. The predicted octanol–water partition coefficient (Wildman–Crippen LogP) is 10.1. The summed E-state index contributed by atoms with van der Waals surface area (Å²) in [7, 11) is 0. The van der Waals surface area contributed by atoms with Gasteiger partial charge < -0.3 is 19.0 Å². The summed E-state index contributed by atoms with van der Waals surface area (Å²) in [6.07, 6.45) is 3.61. The molecule has 0 aliphatic heterocycles. The van der Waals surface area contributed by atoms with Crippen molar-refractivity contribution in [1.29, 1.82) is 0 Å². The summed E-state index contributed by atoms with van der Waals surface area (Å²) < 4.78 is 8.50.